The van der Waals surface area contributed by atoms with Gasteiger partial charge in [-0.05, 0) is 25.7 Å². The largest absolute Gasteiger partial charge is 0.328 e. The third-order valence-corrected chi connectivity index (χ3v) is 1.83. The number of hydrogen-bond donors (Lipinski definition) is 1. The van der Waals surface area contributed by atoms with Crippen LogP contribution in [0.25, 0.3) is 0 Å². The number of alkyl halides is 1. The molecule has 0 amide bonds. The van der Waals surface area contributed by atoms with E-state index in [0.717, 1.165) is 12.8 Å². The molecule has 0 saturated heterocycles. The zero-order chi connectivity index (χ0) is 6.20. The Morgan fingerprint density at radius 3 is 2.38 bits per heavy atom. The van der Waals surface area contributed by atoms with E-state index in [1.807, 2.05) is 0 Å². The van der Waals surface area contributed by atoms with Gasteiger partial charge in [-0.3, -0.25) is 0 Å². The minimum Gasteiger partial charge on any atom is -0.328 e. The molecule has 1 fully saturated rings. The maximum Gasteiger partial charge on any atom is 0.123 e. The van der Waals surface area contributed by atoms with Crippen LogP contribution in [0.15, 0.2) is 0 Å². The molecule has 48 valence electrons. The molecule has 1 rings (SSSR count). The van der Waals surface area contributed by atoms with Gasteiger partial charge in [0, 0.05) is 6.54 Å². The van der Waals surface area contributed by atoms with Crippen molar-refractivity contribution in [2.45, 2.75) is 25.4 Å². The van der Waals surface area contributed by atoms with Crippen LogP contribution in [0.1, 0.15) is 19.8 Å². The normalized spacial score (nSPS) is 27.4. The van der Waals surface area contributed by atoms with Crippen LogP contribution in [-0.2, 0) is 0 Å². The van der Waals surface area contributed by atoms with E-state index < -0.39 is 5.67 Å². The average molecular weight is 117 g/mol. The molecule has 1 unspecified atom stereocenters. The molecule has 1 aliphatic rings. The van der Waals surface area contributed by atoms with Gasteiger partial charge in [-0.25, -0.2) is 4.39 Å². The topological polar surface area (TPSA) is 26.0 Å². The molecule has 1 atom stereocenters. The fourth-order valence-corrected chi connectivity index (χ4v) is 0.852. The lowest BCUT2D eigenvalue weighted by molar-refractivity contribution is 0.168. The highest BCUT2D eigenvalue weighted by Gasteiger charge is 2.40. The number of rotatable bonds is 2. The van der Waals surface area contributed by atoms with Crippen LogP contribution in [0, 0.1) is 5.92 Å². The van der Waals surface area contributed by atoms with Gasteiger partial charge in [0.15, 0.2) is 0 Å². The second kappa shape index (κ2) is 1.69. The first-order valence-electron chi connectivity index (χ1n) is 3.06. The van der Waals surface area contributed by atoms with Gasteiger partial charge in [0.1, 0.15) is 5.67 Å². The van der Waals surface area contributed by atoms with E-state index in [0.29, 0.717) is 0 Å². The molecule has 8 heavy (non-hydrogen) atoms. The lowest BCUT2D eigenvalue weighted by Gasteiger charge is -2.15. The summed E-state index contributed by atoms with van der Waals surface area (Å²) in [5.41, 5.74) is 4.10. The highest BCUT2D eigenvalue weighted by molar-refractivity contribution is 4.92. The van der Waals surface area contributed by atoms with Crippen molar-refractivity contribution in [3.05, 3.63) is 0 Å². The summed E-state index contributed by atoms with van der Waals surface area (Å²) in [6, 6.07) is 0. The zero-order valence-electron chi connectivity index (χ0n) is 5.15. The van der Waals surface area contributed by atoms with Crippen LogP contribution < -0.4 is 5.73 Å². The smallest absolute Gasteiger partial charge is 0.123 e. The Bertz CT molecular complexity index is 86.5. The molecule has 0 spiro atoms. The summed E-state index contributed by atoms with van der Waals surface area (Å²) >= 11 is 0. The molecule has 0 bridgehead atoms. The molecule has 2 N–H and O–H groups in total. The van der Waals surface area contributed by atoms with Crippen LogP contribution in [0.4, 0.5) is 4.39 Å². The van der Waals surface area contributed by atoms with Crippen molar-refractivity contribution in [3.8, 4) is 0 Å². The number of halogens is 1. The maximum atomic E-state index is 12.9. The fraction of sp³-hybridized carbons (Fsp3) is 1.00. The molecular weight excluding hydrogens is 105 g/mol. The summed E-state index contributed by atoms with van der Waals surface area (Å²) in [6.07, 6.45) is 2.06. The van der Waals surface area contributed by atoms with Gasteiger partial charge >= 0.3 is 0 Å². The lowest BCUT2D eigenvalue weighted by Crippen LogP contribution is -2.31. The molecule has 0 aromatic heterocycles. The molecule has 0 aromatic carbocycles. The van der Waals surface area contributed by atoms with Crippen molar-refractivity contribution in [2.75, 3.05) is 6.54 Å². The molecule has 1 nitrogen and oxygen atoms in total. The Morgan fingerprint density at radius 1 is 1.75 bits per heavy atom. The van der Waals surface area contributed by atoms with Gasteiger partial charge < -0.3 is 5.73 Å². The molecule has 1 saturated carbocycles. The second-order valence-electron chi connectivity index (χ2n) is 2.76. The molecule has 0 heterocycles. The predicted octanol–water partition coefficient (Wildman–Crippen LogP) is 1.08. The number of nitrogens with two attached hydrogens (primary N) is 1. The first-order chi connectivity index (χ1) is 3.67. The standard InChI is InChI=1S/C6H12FN/c1-6(7,4-8)5-2-3-5/h5H,2-4,8H2,1H3. The first-order valence-corrected chi connectivity index (χ1v) is 3.06. The van der Waals surface area contributed by atoms with Crippen molar-refractivity contribution < 1.29 is 4.39 Å². The van der Waals surface area contributed by atoms with E-state index in [1.165, 1.54) is 0 Å². The Hall–Kier alpha value is -0.110. The third-order valence-electron chi connectivity index (χ3n) is 1.83. The van der Waals surface area contributed by atoms with Gasteiger partial charge in [0.25, 0.3) is 0 Å². The predicted molar refractivity (Wildman–Crippen MR) is 31.3 cm³/mol. The summed E-state index contributed by atoms with van der Waals surface area (Å²) < 4.78 is 12.9. The summed E-state index contributed by atoms with van der Waals surface area (Å²) in [7, 11) is 0. The summed E-state index contributed by atoms with van der Waals surface area (Å²) in [5, 5.41) is 0. The monoisotopic (exact) mass is 117 g/mol. The van der Waals surface area contributed by atoms with Crippen molar-refractivity contribution in [1.82, 2.24) is 0 Å². The van der Waals surface area contributed by atoms with Gasteiger partial charge in [-0.15, -0.1) is 0 Å². The quantitative estimate of drug-likeness (QED) is 0.575. The second-order valence-corrected chi connectivity index (χ2v) is 2.76. The fourth-order valence-electron chi connectivity index (χ4n) is 0.852. The van der Waals surface area contributed by atoms with Gasteiger partial charge in [-0.2, -0.15) is 0 Å². The molecule has 0 aliphatic heterocycles. The minimum absolute atomic E-state index is 0.178. The Labute approximate surface area is 49.1 Å². The van der Waals surface area contributed by atoms with Crippen molar-refractivity contribution in [3.63, 3.8) is 0 Å². The van der Waals surface area contributed by atoms with Crippen molar-refractivity contribution in [2.24, 2.45) is 11.7 Å². The molecule has 0 radical (unpaired) electrons. The van der Waals surface area contributed by atoms with E-state index in [-0.39, 0.29) is 12.5 Å². The Morgan fingerprint density at radius 2 is 2.25 bits per heavy atom. The maximum absolute atomic E-state index is 12.9. The van der Waals surface area contributed by atoms with Crippen LogP contribution in [0.2, 0.25) is 0 Å². The van der Waals surface area contributed by atoms with Gasteiger partial charge in [0.2, 0.25) is 0 Å². The van der Waals surface area contributed by atoms with Crippen LogP contribution in [-0.4, -0.2) is 12.2 Å². The van der Waals surface area contributed by atoms with Crippen LogP contribution in [0.3, 0.4) is 0 Å². The van der Waals surface area contributed by atoms with E-state index in [1.54, 1.807) is 6.92 Å². The van der Waals surface area contributed by atoms with Crippen molar-refractivity contribution in [1.29, 1.82) is 0 Å². The third kappa shape index (κ3) is 0.996. The first kappa shape index (κ1) is 6.02. The lowest BCUT2D eigenvalue weighted by atomic mass is 10.0. The minimum atomic E-state index is -1.07. The van der Waals surface area contributed by atoms with E-state index in [2.05, 4.69) is 0 Å². The molecule has 2 heteroatoms. The SMILES string of the molecule is CC(F)(CN)C1CC1. The van der Waals surface area contributed by atoms with E-state index >= 15 is 0 Å². The summed E-state index contributed by atoms with van der Waals surface area (Å²) in [5.74, 6) is 0.271. The molecule has 1 aliphatic carbocycles. The molecule has 0 aromatic rings. The van der Waals surface area contributed by atoms with Crippen molar-refractivity contribution >= 4 is 0 Å². The summed E-state index contributed by atoms with van der Waals surface area (Å²) in [4.78, 5) is 0. The number of hydrogen-bond acceptors (Lipinski definition) is 1. The average Bonchev–Trinajstić information content (AvgIpc) is 2.44. The van der Waals surface area contributed by atoms with E-state index in [4.69, 9.17) is 5.73 Å². The summed E-state index contributed by atoms with van der Waals surface area (Å²) in [6.45, 7) is 1.77. The van der Waals surface area contributed by atoms with Gasteiger partial charge in [0.05, 0.1) is 0 Å². The molecular formula is C6H12FN. The van der Waals surface area contributed by atoms with Crippen LogP contribution >= 0.6 is 0 Å². The highest BCUT2D eigenvalue weighted by atomic mass is 19.1. The highest BCUT2D eigenvalue weighted by Crippen LogP contribution is 2.41. The van der Waals surface area contributed by atoms with Crippen LogP contribution in [0.5, 0.6) is 0 Å². The Balaban J connectivity index is 2.37. The zero-order valence-corrected chi connectivity index (χ0v) is 5.15. The Kier molecular flexibility index (Phi) is 1.27. The van der Waals surface area contributed by atoms with Gasteiger partial charge in [-0.1, -0.05) is 0 Å². The van der Waals surface area contributed by atoms with E-state index in [9.17, 15) is 4.39 Å².